The van der Waals surface area contributed by atoms with Gasteiger partial charge >= 0.3 is 0 Å². The summed E-state index contributed by atoms with van der Waals surface area (Å²) in [7, 11) is 0. The zero-order chi connectivity index (χ0) is 25.4. The molecule has 0 fully saturated rings. The maximum absolute atomic E-state index is 13.6. The van der Waals surface area contributed by atoms with Gasteiger partial charge in [-0.25, -0.2) is 0 Å². The molecule has 2 amide bonds. The Kier molecular flexibility index (Phi) is 8.94. The molecule has 184 valence electrons. The second-order valence-corrected chi connectivity index (χ2v) is 10.1. The van der Waals surface area contributed by atoms with Crippen molar-refractivity contribution >= 4 is 23.4 Å². The fourth-order valence-corrected chi connectivity index (χ4v) is 3.98. The fourth-order valence-electron chi connectivity index (χ4n) is 3.80. The number of carbonyl (C=O) groups excluding carboxylic acids is 2. The standard InChI is InChI=1S/C29H33ClN2O3/c1-21-10-8-13-23(16-21)19-32(27(33)20-35-25-15-9-14-24(30)18-25)26(28(34)31-29(2,3)4)17-22-11-6-5-7-12-22/h5-16,18,26H,17,19-20H2,1-4H3,(H,31,34)/t26-/m1/s1. The minimum absolute atomic E-state index is 0.204. The van der Waals surface area contributed by atoms with Crippen LogP contribution in [0.1, 0.15) is 37.5 Å². The van der Waals surface area contributed by atoms with Crippen molar-refractivity contribution in [3.63, 3.8) is 0 Å². The van der Waals surface area contributed by atoms with Crippen LogP contribution in [0.5, 0.6) is 5.75 Å². The second-order valence-electron chi connectivity index (χ2n) is 9.70. The zero-order valence-electron chi connectivity index (χ0n) is 20.8. The van der Waals surface area contributed by atoms with Crippen LogP contribution in [-0.2, 0) is 22.6 Å². The molecular formula is C29H33ClN2O3. The van der Waals surface area contributed by atoms with Gasteiger partial charge < -0.3 is 15.0 Å². The Morgan fingerprint density at radius 2 is 1.63 bits per heavy atom. The molecule has 0 aliphatic carbocycles. The van der Waals surface area contributed by atoms with Gasteiger partial charge in [0.25, 0.3) is 5.91 Å². The highest BCUT2D eigenvalue weighted by molar-refractivity contribution is 6.30. The largest absolute Gasteiger partial charge is 0.484 e. The van der Waals surface area contributed by atoms with Gasteiger partial charge in [-0.05, 0) is 57.0 Å². The monoisotopic (exact) mass is 492 g/mol. The lowest BCUT2D eigenvalue weighted by Gasteiger charge is -2.33. The van der Waals surface area contributed by atoms with E-state index in [0.29, 0.717) is 17.2 Å². The molecule has 35 heavy (non-hydrogen) atoms. The third-order valence-corrected chi connectivity index (χ3v) is 5.60. The average molecular weight is 493 g/mol. The predicted octanol–water partition coefficient (Wildman–Crippen LogP) is 5.58. The smallest absolute Gasteiger partial charge is 0.261 e. The van der Waals surface area contributed by atoms with Gasteiger partial charge in [0.2, 0.25) is 5.91 Å². The molecule has 5 nitrogen and oxygen atoms in total. The number of nitrogens with zero attached hydrogens (tertiary/aromatic N) is 1. The normalized spacial score (nSPS) is 12.0. The first-order valence-corrected chi connectivity index (χ1v) is 12.1. The molecule has 0 heterocycles. The van der Waals surface area contributed by atoms with Crippen molar-refractivity contribution in [2.75, 3.05) is 6.61 Å². The molecule has 1 N–H and O–H groups in total. The first-order chi connectivity index (χ1) is 16.6. The molecule has 3 aromatic carbocycles. The van der Waals surface area contributed by atoms with E-state index in [9.17, 15) is 9.59 Å². The lowest BCUT2D eigenvalue weighted by Crippen LogP contribution is -2.55. The van der Waals surface area contributed by atoms with Crippen molar-refractivity contribution in [3.05, 3.63) is 101 Å². The zero-order valence-corrected chi connectivity index (χ0v) is 21.5. The van der Waals surface area contributed by atoms with Gasteiger partial charge in [-0.2, -0.15) is 0 Å². The Bertz CT molecular complexity index is 1140. The molecule has 0 spiro atoms. The highest BCUT2D eigenvalue weighted by atomic mass is 35.5. The molecular weight excluding hydrogens is 460 g/mol. The summed E-state index contributed by atoms with van der Waals surface area (Å²) in [5.74, 6) is 0.0155. The van der Waals surface area contributed by atoms with E-state index in [2.05, 4.69) is 5.32 Å². The van der Waals surface area contributed by atoms with Crippen molar-refractivity contribution in [2.24, 2.45) is 0 Å². The van der Waals surface area contributed by atoms with Crippen LogP contribution in [0.4, 0.5) is 0 Å². The highest BCUT2D eigenvalue weighted by Crippen LogP contribution is 2.19. The highest BCUT2D eigenvalue weighted by Gasteiger charge is 2.32. The lowest BCUT2D eigenvalue weighted by atomic mass is 10.0. The minimum atomic E-state index is -0.715. The summed E-state index contributed by atoms with van der Waals surface area (Å²) in [6.45, 7) is 7.87. The third kappa shape index (κ3) is 8.45. The van der Waals surface area contributed by atoms with Gasteiger partial charge in [-0.3, -0.25) is 9.59 Å². The van der Waals surface area contributed by atoms with E-state index in [4.69, 9.17) is 16.3 Å². The van der Waals surface area contributed by atoms with Crippen molar-refractivity contribution in [1.82, 2.24) is 10.2 Å². The Morgan fingerprint density at radius 3 is 2.29 bits per heavy atom. The number of amides is 2. The van der Waals surface area contributed by atoms with Gasteiger partial charge in [0.1, 0.15) is 11.8 Å². The molecule has 0 aliphatic rings. The van der Waals surface area contributed by atoms with Gasteiger partial charge in [0.15, 0.2) is 6.61 Å². The maximum atomic E-state index is 13.6. The van der Waals surface area contributed by atoms with Gasteiger partial charge in [0, 0.05) is 23.5 Å². The van der Waals surface area contributed by atoms with E-state index in [1.54, 1.807) is 29.2 Å². The van der Waals surface area contributed by atoms with Crippen LogP contribution in [0.2, 0.25) is 5.02 Å². The summed E-state index contributed by atoms with van der Waals surface area (Å²) in [5.41, 5.74) is 2.56. The number of rotatable bonds is 9. The number of nitrogens with one attached hydrogen (secondary N) is 1. The summed E-state index contributed by atoms with van der Waals surface area (Å²) in [6, 6.07) is 23.9. The summed E-state index contributed by atoms with van der Waals surface area (Å²) in [4.78, 5) is 28.7. The van der Waals surface area contributed by atoms with Crippen LogP contribution in [0.3, 0.4) is 0 Å². The number of benzene rings is 3. The number of hydrogen-bond acceptors (Lipinski definition) is 3. The van der Waals surface area contributed by atoms with Crippen LogP contribution >= 0.6 is 11.6 Å². The molecule has 1 atom stereocenters. The molecule has 0 saturated heterocycles. The summed E-state index contributed by atoms with van der Waals surface area (Å²) in [5, 5.41) is 3.59. The maximum Gasteiger partial charge on any atom is 0.261 e. The van der Waals surface area contributed by atoms with Crippen LogP contribution in [-0.4, -0.2) is 34.9 Å². The Morgan fingerprint density at radius 1 is 0.943 bits per heavy atom. The molecule has 0 aromatic heterocycles. The quantitative estimate of drug-likeness (QED) is 0.424. The van der Waals surface area contributed by atoms with E-state index in [-0.39, 0.29) is 25.0 Å². The number of aryl methyl sites for hydroxylation is 1. The Balaban J connectivity index is 1.93. The van der Waals surface area contributed by atoms with E-state index >= 15 is 0 Å². The van der Waals surface area contributed by atoms with Crippen molar-refractivity contribution in [2.45, 2.75) is 52.2 Å². The van der Waals surface area contributed by atoms with Crippen LogP contribution < -0.4 is 10.1 Å². The Hall–Kier alpha value is -3.31. The van der Waals surface area contributed by atoms with Crippen LogP contribution in [0, 0.1) is 6.92 Å². The molecule has 0 aliphatic heterocycles. The summed E-state index contributed by atoms with van der Waals surface area (Å²) >= 11 is 6.06. The second kappa shape index (κ2) is 11.9. The molecule has 0 radical (unpaired) electrons. The van der Waals surface area contributed by atoms with Gasteiger partial charge in [-0.1, -0.05) is 77.8 Å². The van der Waals surface area contributed by atoms with E-state index in [1.165, 1.54) is 0 Å². The van der Waals surface area contributed by atoms with E-state index in [1.807, 2.05) is 82.3 Å². The first-order valence-electron chi connectivity index (χ1n) is 11.7. The Labute approximate surface area is 213 Å². The van der Waals surface area contributed by atoms with Crippen molar-refractivity contribution in [1.29, 1.82) is 0 Å². The van der Waals surface area contributed by atoms with E-state index < -0.39 is 11.6 Å². The average Bonchev–Trinajstić information content (AvgIpc) is 2.79. The number of halogens is 1. The number of carbonyl (C=O) groups is 2. The molecule has 3 rings (SSSR count). The molecule has 0 saturated carbocycles. The predicted molar refractivity (Wildman–Crippen MR) is 141 cm³/mol. The van der Waals surface area contributed by atoms with Gasteiger partial charge in [-0.15, -0.1) is 0 Å². The number of ether oxygens (including phenoxy) is 1. The third-order valence-electron chi connectivity index (χ3n) is 5.36. The van der Waals surface area contributed by atoms with Crippen LogP contribution in [0.25, 0.3) is 0 Å². The number of hydrogen-bond donors (Lipinski definition) is 1. The van der Waals surface area contributed by atoms with E-state index in [0.717, 1.165) is 16.7 Å². The van der Waals surface area contributed by atoms with Crippen LogP contribution in [0.15, 0.2) is 78.9 Å². The first kappa shape index (κ1) is 26.3. The van der Waals surface area contributed by atoms with Gasteiger partial charge in [0.05, 0.1) is 0 Å². The fraction of sp³-hybridized carbons (Fsp3) is 0.310. The SMILES string of the molecule is Cc1cccc(CN(C(=O)COc2cccc(Cl)c2)[C@H](Cc2ccccc2)C(=O)NC(C)(C)C)c1. The summed E-state index contributed by atoms with van der Waals surface area (Å²) < 4.78 is 5.76. The van der Waals surface area contributed by atoms with Crippen molar-refractivity contribution < 1.29 is 14.3 Å². The molecule has 6 heteroatoms. The molecule has 3 aromatic rings. The topological polar surface area (TPSA) is 58.6 Å². The lowest BCUT2D eigenvalue weighted by molar-refractivity contribution is -0.143. The minimum Gasteiger partial charge on any atom is -0.484 e. The summed E-state index contributed by atoms with van der Waals surface area (Å²) in [6.07, 6.45) is 0.386. The molecule has 0 unspecified atom stereocenters. The van der Waals surface area contributed by atoms with Crippen molar-refractivity contribution in [3.8, 4) is 5.75 Å². The molecule has 0 bridgehead atoms.